The normalized spacial score (nSPS) is 11.4. The summed E-state index contributed by atoms with van der Waals surface area (Å²) in [7, 11) is -3.81. The minimum Gasteiger partial charge on any atom is -0.284 e. The van der Waals surface area contributed by atoms with E-state index in [1.807, 2.05) is 25.1 Å². The van der Waals surface area contributed by atoms with Crippen LogP contribution in [0, 0.1) is 6.92 Å². The molecule has 0 aliphatic carbocycles. The van der Waals surface area contributed by atoms with E-state index in [1.165, 1.54) is 11.8 Å². The SMILES string of the molecule is CSc1c(C)cc(-c2ccccc2)n(OS(C)(=O)=O)c1=O. The summed E-state index contributed by atoms with van der Waals surface area (Å²) in [6, 6.07) is 10.8. The van der Waals surface area contributed by atoms with Crippen molar-refractivity contribution in [2.24, 2.45) is 0 Å². The van der Waals surface area contributed by atoms with E-state index < -0.39 is 15.7 Å². The molecule has 0 N–H and O–H groups in total. The summed E-state index contributed by atoms with van der Waals surface area (Å²) in [4.78, 5) is 12.9. The molecule has 112 valence electrons. The number of nitrogens with zero attached hydrogens (tertiary/aromatic N) is 1. The van der Waals surface area contributed by atoms with Crippen LogP contribution in [0.3, 0.4) is 0 Å². The lowest BCUT2D eigenvalue weighted by Crippen LogP contribution is -2.33. The van der Waals surface area contributed by atoms with Crippen molar-refractivity contribution in [2.45, 2.75) is 11.8 Å². The van der Waals surface area contributed by atoms with Crippen LogP contribution >= 0.6 is 11.8 Å². The fraction of sp³-hybridized carbons (Fsp3) is 0.214. The van der Waals surface area contributed by atoms with Gasteiger partial charge in [-0.05, 0) is 24.8 Å². The summed E-state index contributed by atoms with van der Waals surface area (Å²) in [5.74, 6) is 0. The Morgan fingerprint density at radius 1 is 1.19 bits per heavy atom. The molecule has 0 aliphatic rings. The van der Waals surface area contributed by atoms with Crippen molar-refractivity contribution in [2.75, 3.05) is 12.5 Å². The van der Waals surface area contributed by atoms with E-state index in [0.717, 1.165) is 16.5 Å². The van der Waals surface area contributed by atoms with Gasteiger partial charge in [0.2, 0.25) is 0 Å². The van der Waals surface area contributed by atoms with Gasteiger partial charge < -0.3 is 0 Å². The molecular weight excluding hydrogens is 310 g/mol. The Morgan fingerprint density at radius 2 is 1.81 bits per heavy atom. The predicted molar refractivity (Wildman–Crippen MR) is 84.1 cm³/mol. The molecule has 21 heavy (non-hydrogen) atoms. The van der Waals surface area contributed by atoms with Gasteiger partial charge in [0.25, 0.3) is 5.56 Å². The van der Waals surface area contributed by atoms with Crippen molar-refractivity contribution in [3.8, 4) is 11.3 Å². The van der Waals surface area contributed by atoms with Gasteiger partial charge in [0, 0.05) is 5.56 Å². The maximum Gasteiger partial charge on any atom is 0.324 e. The first-order valence-electron chi connectivity index (χ1n) is 6.09. The van der Waals surface area contributed by atoms with Crippen LogP contribution in [0.15, 0.2) is 46.1 Å². The van der Waals surface area contributed by atoms with E-state index in [4.69, 9.17) is 4.28 Å². The smallest absolute Gasteiger partial charge is 0.284 e. The first kappa shape index (κ1) is 15.7. The Labute approximate surface area is 127 Å². The fourth-order valence-corrected chi connectivity index (χ4v) is 3.02. The van der Waals surface area contributed by atoms with E-state index in [0.29, 0.717) is 16.2 Å². The molecular formula is C14H15NO4S2. The lowest BCUT2D eigenvalue weighted by molar-refractivity contribution is 0.271. The van der Waals surface area contributed by atoms with Crippen molar-refractivity contribution in [3.63, 3.8) is 0 Å². The Bertz CT molecular complexity index is 811. The van der Waals surface area contributed by atoms with Gasteiger partial charge in [-0.3, -0.25) is 9.08 Å². The summed E-state index contributed by atoms with van der Waals surface area (Å²) >= 11 is 1.26. The second kappa shape index (κ2) is 5.95. The molecule has 7 heteroatoms. The van der Waals surface area contributed by atoms with Crippen LogP contribution in [-0.2, 0) is 10.1 Å². The van der Waals surface area contributed by atoms with Crippen molar-refractivity contribution in [1.29, 1.82) is 0 Å². The van der Waals surface area contributed by atoms with E-state index >= 15 is 0 Å². The molecule has 2 aromatic rings. The third-order valence-corrected chi connectivity index (χ3v) is 4.12. The molecule has 0 spiro atoms. The van der Waals surface area contributed by atoms with E-state index in [9.17, 15) is 13.2 Å². The van der Waals surface area contributed by atoms with E-state index in [-0.39, 0.29) is 0 Å². The third-order valence-electron chi connectivity index (χ3n) is 2.79. The zero-order valence-corrected chi connectivity index (χ0v) is 13.5. The minimum absolute atomic E-state index is 0.404. The van der Waals surface area contributed by atoms with Gasteiger partial charge in [0.05, 0.1) is 16.8 Å². The highest BCUT2D eigenvalue weighted by molar-refractivity contribution is 7.98. The summed E-state index contributed by atoms with van der Waals surface area (Å²) in [5.41, 5.74) is 1.40. The average molecular weight is 325 g/mol. The Hall–Kier alpha value is -1.73. The van der Waals surface area contributed by atoms with Crippen LogP contribution < -0.4 is 9.84 Å². The highest BCUT2D eigenvalue weighted by atomic mass is 32.2. The van der Waals surface area contributed by atoms with Gasteiger partial charge >= 0.3 is 10.1 Å². The largest absolute Gasteiger partial charge is 0.324 e. The van der Waals surface area contributed by atoms with Gasteiger partial charge in [-0.2, -0.15) is 8.42 Å². The second-order valence-corrected chi connectivity index (χ2v) is 6.86. The van der Waals surface area contributed by atoms with Gasteiger partial charge in [0.1, 0.15) is 0 Å². The average Bonchev–Trinajstić information content (AvgIpc) is 2.42. The number of pyridine rings is 1. The molecule has 0 aliphatic heterocycles. The fourth-order valence-electron chi connectivity index (χ4n) is 1.97. The van der Waals surface area contributed by atoms with Crippen LogP contribution in [0.5, 0.6) is 0 Å². The topological polar surface area (TPSA) is 65.4 Å². The van der Waals surface area contributed by atoms with Crippen molar-refractivity contribution >= 4 is 21.9 Å². The Kier molecular flexibility index (Phi) is 4.43. The lowest BCUT2D eigenvalue weighted by Gasteiger charge is -2.14. The number of benzene rings is 1. The second-order valence-electron chi connectivity index (χ2n) is 4.49. The third kappa shape index (κ3) is 3.48. The number of aryl methyl sites for hydroxylation is 1. The highest BCUT2D eigenvalue weighted by Crippen LogP contribution is 2.23. The maximum atomic E-state index is 12.4. The number of aromatic nitrogens is 1. The molecule has 0 unspecified atom stereocenters. The summed E-state index contributed by atoms with van der Waals surface area (Å²) < 4.78 is 28.6. The first-order valence-corrected chi connectivity index (χ1v) is 9.13. The minimum atomic E-state index is -3.81. The number of rotatable bonds is 4. The number of hydrogen-bond acceptors (Lipinski definition) is 5. The molecule has 1 aromatic carbocycles. The lowest BCUT2D eigenvalue weighted by atomic mass is 10.1. The zero-order valence-electron chi connectivity index (χ0n) is 11.9. The van der Waals surface area contributed by atoms with Crippen molar-refractivity contribution < 1.29 is 12.7 Å². The van der Waals surface area contributed by atoms with Crippen LogP contribution in [-0.4, -0.2) is 25.7 Å². The molecule has 1 aromatic heterocycles. The molecule has 0 saturated carbocycles. The Morgan fingerprint density at radius 3 is 2.33 bits per heavy atom. The molecule has 0 radical (unpaired) electrons. The summed E-state index contributed by atoms with van der Waals surface area (Å²) in [5, 5.41) is 0. The highest BCUT2D eigenvalue weighted by Gasteiger charge is 2.17. The van der Waals surface area contributed by atoms with Crippen LogP contribution in [0.1, 0.15) is 5.56 Å². The maximum absolute atomic E-state index is 12.4. The van der Waals surface area contributed by atoms with Crippen molar-refractivity contribution in [1.82, 2.24) is 4.73 Å². The molecule has 0 bridgehead atoms. The molecule has 0 amide bonds. The quantitative estimate of drug-likeness (QED) is 0.804. The van der Waals surface area contributed by atoms with Gasteiger partial charge in [-0.1, -0.05) is 30.3 Å². The molecule has 2 rings (SSSR count). The molecule has 0 fully saturated rings. The first-order chi connectivity index (χ1) is 9.83. The zero-order chi connectivity index (χ0) is 15.6. The van der Waals surface area contributed by atoms with Crippen LogP contribution in [0.25, 0.3) is 11.3 Å². The van der Waals surface area contributed by atoms with E-state index in [1.54, 1.807) is 24.5 Å². The Balaban J connectivity index is 2.78. The van der Waals surface area contributed by atoms with E-state index in [2.05, 4.69) is 0 Å². The van der Waals surface area contributed by atoms with Crippen LogP contribution in [0.4, 0.5) is 0 Å². The standard InChI is InChI=1S/C14H15NO4S2/c1-10-9-12(11-7-5-4-6-8-11)15(19-21(3,17)18)14(16)13(10)20-2/h4-9H,1-3H3. The van der Waals surface area contributed by atoms with Crippen LogP contribution in [0.2, 0.25) is 0 Å². The molecule has 1 heterocycles. The van der Waals surface area contributed by atoms with Gasteiger partial charge in [-0.15, -0.1) is 16.5 Å². The summed E-state index contributed by atoms with van der Waals surface area (Å²) in [6.07, 6.45) is 2.67. The van der Waals surface area contributed by atoms with Gasteiger partial charge in [-0.25, -0.2) is 0 Å². The molecule has 0 saturated heterocycles. The van der Waals surface area contributed by atoms with Crippen molar-refractivity contribution in [3.05, 3.63) is 52.3 Å². The number of thioether (sulfide) groups is 1. The number of hydrogen-bond donors (Lipinski definition) is 0. The monoisotopic (exact) mass is 325 g/mol. The molecule has 0 atom stereocenters. The van der Waals surface area contributed by atoms with Gasteiger partial charge in [0.15, 0.2) is 0 Å². The molecule has 5 nitrogen and oxygen atoms in total. The predicted octanol–water partition coefficient (Wildman–Crippen LogP) is 1.93. The summed E-state index contributed by atoms with van der Waals surface area (Å²) in [6.45, 7) is 1.81.